The number of rotatable bonds is 2. The molecule has 0 radical (unpaired) electrons. The Morgan fingerprint density at radius 3 is 2.63 bits per heavy atom. The van der Waals surface area contributed by atoms with Gasteiger partial charge in [-0.25, -0.2) is 0 Å². The smallest absolute Gasteiger partial charge is 0.0236 e. The number of nitrogens with one attached hydrogen (secondary N) is 1. The third-order valence-corrected chi connectivity index (χ3v) is 4.58. The second-order valence-electron chi connectivity index (χ2n) is 6.03. The van der Waals surface area contributed by atoms with E-state index in [-0.39, 0.29) is 0 Å². The molecule has 1 fully saturated rings. The molecule has 0 saturated carbocycles. The van der Waals surface area contributed by atoms with E-state index >= 15 is 0 Å². The molecule has 104 valence electrons. The zero-order chi connectivity index (χ0) is 12.9. The Morgan fingerprint density at radius 2 is 1.79 bits per heavy atom. The van der Waals surface area contributed by atoms with Crippen molar-refractivity contribution in [1.82, 2.24) is 10.2 Å². The lowest BCUT2D eigenvalue weighted by Crippen LogP contribution is -2.29. The van der Waals surface area contributed by atoms with Gasteiger partial charge in [0.25, 0.3) is 0 Å². The van der Waals surface area contributed by atoms with E-state index in [2.05, 4.69) is 28.4 Å². The molecule has 2 nitrogen and oxygen atoms in total. The first kappa shape index (κ1) is 13.1. The summed E-state index contributed by atoms with van der Waals surface area (Å²) in [5.41, 5.74) is 4.73. The van der Waals surface area contributed by atoms with Gasteiger partial charge in [0.05, 0.1) is 0 Å². The molecule has 2 aliphatic heterocycles. The van der Waals surface area contributed by atoms with Crippen LogP contribution in [0.3, 0.4) is 0 Å². The summed E-state index contributed by atoms with van der Waals surface area (Å²) in [6.45, 7) is 5.96. The van der Waals surface area contributed by atoms with Crippen molar-refractivity contribution in [3.63, 3.8) is 0 Å². The van der Waals surface area contributed by atoms with Crippen LogP contribution in [0, 0.1) is 0 Å². The van der Waals surface area contributed by atoms with Gasteiger partial charge in [0.2, 0.25) is 0 Å². The van der Waals surface area contributed by atoms with Gasteiger partial charge in [-0.2, -0.15) is 0 Å². The molecule has 0 bridgehead atoms. The van der Waals surface area contributed by atoms with Crippen LogP contribution in [0.4, 0.5) is 0 Å². The standard InChI is InChI=1S/C17H26N2/c1-2-4-11-19(12-5-3-1)14-16-8-6-7-15-13-18-10-9-17(15)16/h6-8,18H,1-5,9-14H2. The van der Waals surface area contributed by atoms with Gasteiger partial charge in [0.15, 0.2) is 0 Å². The van der Waals surface area contributed by atoms with Crippen LogP contribution < -0.4 is 5.32 Å². The minimum atomic E-state index is 1.06. The van der Waals surface area contributed by atoms with Gasteiger partial charge in [-0.05, 0) is 55.6 Å². The number of fused-ring (bicyclic) bond motifs is 1. The second-order valence-corrected chi connectivity index (χ2v) is 6.03. The molecule has 0 aromatic heterocycles. The molecule has 0 amide bonds. The Kier molecular flexibility index (Phi) is 4.52. The predicted octanol–water partition coefficient (Wildman–Crippen LogP) is 3.10. The zero-order valence-electron chi connectivity index (χ0n) is 12.0. The molecule has 0 spiro atoms. The molecule has 1 N–H and O–H groups in total. The SMILES string of the molecule is c1cc2c(c(CN3CCCCCCC3)c1)CCNC2. The van der Waals surface area contributed by atoms with Gasteiger partial charge in [0, 0.05) is 13.1 Å². The topological polar surface area (TPSA) is 15.3 Å². The maximum absolute atomic E-state index is 3.48. The van der Waals surface area contributed by atoms with Crippen molar-refractivity contribution >= 4 is 0 Å². The van der Waals surface area contributed by atoms with Gasteiger partial charge in [0.1, 0.15) is 0 Å². The van der Waals surface area contributed by atoms with Crippen LogP contribution in [0.25, 0.3) is 0 Å². The Bertz CT molecular complexity index is 406. The highest BCUT2D eigenvalue weighted by Gasteiger charge is 2.15. The quantitative estimate of drug-likeness (QED) is 0.877. The number of hydrogen-bond donors (Lipinski definition) is 1. The fraction of sp³-hybridized carbons (Fsp3) is 0.647. The van der Waals surface area contributed by atoms with Gasteiger partial charge >= 0.3 is 0 Å². The highest BCUT2D eigenvalue weighted by Crippen LogP contribution is 2.21. The summed E-state index contributed by atoms with van der Waals surface area (Å²) in [6.07, 6.45) is 8.27. The normalized spacial score (nSPS) is 21.5. The molecular weight excluding hydrogens is 232 g/mol. The van der Waals surface area contributed by atoms with Crippen LogP contribution in [0.15, 0.2) is 18.2 Å². The lowest BCUT2D eigenvalue weighted by molar-refractivity contribution is 0.239. The Labute approximate surface area is 117 Å². The van der Waals surface area contributed by atoms with E-state index in [1.807, 2.05) is 0 Å². The number of nitrogens with zero attached hydrogens (tertiary/aromatic N) is 1. The molecule has 19 heavy (non-hydrogen) atoms. The monoisotopic (exact) mass is 258 g/mol. The average Bonchev–Trinajstić information content (AvgIpc) is 2.42. The summed E-state index contributed by atoms with van der Waals surface area (Å²) in [5.74, 6) is 0. The van der Waals surface area contributed by atoms with Gasteiger partial charge in [-0.3, -0.25) is 4.90 Å². The number of likely N-dealkylation sites (tertiary alicyclic amines) is 1. The van der Waals surface area contributed by atoms with Gasteiger partial charge < -0.3 is 5.32 Å². The van der Waals surface area contributed by atoms with Crippen LogP contribution in [0.1, 0.15) is 48.8 Å². The molecule has 2 heterocycles. The van der Waals surface area contributed by atoms with Crippen molar-refractivity contribution < 1.29 is 0 Å². The van der Waals surface area contributed by atoms with Gasteiger partial charge in [-0.1, -0.05) is 37.5 Å². The summed E-state index contributed by atoms with van der Waals surface area (Å²) in [7, 11) is 0. The average molecular weight is 258 g/mol. The molecule has 1 saturated heterocycles. The van der Waals surface area contributed by atoms with E-state index in [0.717, 1.165) is 13.1 Å². The van der Waals surface area contributed by atoms with Crippen LogP contribution in [-0.2, 0) is 19.5 Å². The first-order valence-electron chi connectivity index (χ1n) is 7.96. The van der Waals surface area contributed by atoms with E-state index < -0.39 is 0 Å². The minimum Gasteiger partial charge on any atom is -0.312 e. The van der Waals surface area contributed by atoms with E-state index in [0.29, 0.717) is 0 Å². The number of hydrogen-bond acceptors (Lipinski definition) is 2. The molecule has 3 rings (SSSR count). The predicted molar refractivity (Wildman–Crippen MR) is 80.2 cm³/mol. The fourth-order valence-corrected chi connectivity index (χ4v) is 3.47. The Morgan fingerprint density at radius 1 is 1.00 bits per heavy atom. The molecule has 2 heteroatoms. The van der Waals surface area contributed by atoms with Crippen molar-refractivity contribution in [3.8, 4) is 0 Å². The third-order valence-electron chi connectivity index (χ3n) is 4.58. The van der Waals surface area contributed by atoms with Crippen molar-refractivity contribution in [3.05, 3.63) is 34.9 Å². The molecule has 0 unspecified atom stereocenters. The lowest BCUT2D eigenvalue weighted by atomic mass is 9.95. The van der Waals surface area contributed by atoms with Crippen LogP contribution in [0.2, 0.25) is 0 Å². The lowest BCUT2D eigenvalue weighted by Gasteiger charge is -2.27. The Balaban J connectivity index is 1.71. The van der Waals surface area contributed by atoms with Crippen molar-refractivity contribution in [1.29, 1.82) is 0 Å². The Hall–Kier alpha value is -0.860. The molecule has 1 aromatic rings. The van der Waals surface area contributed by atoms with Crippen molar-refractivity contribution in [2.24, 2.45) is 0 Å². The van der Waals surface area contributed by atoms with E-state index in [1.54, 1.807) is 11.1 Å². The zero-order valence-corrected chi connectivity index (χ0v) is 12.0. The summed E-state index contributed by atoms with van der Waals surface area (Å²) in [4.78, 5) is 2.68. The highest BCUT2D eigenvalue weighted by molar-refractivity contribution is 5.37. The summed E-state index contributed by atoms with van der Waals surface area (Å²) < 4.78 is 0. The van der Waals surface area contributed by atoms with Gasteiger partial charge in [-0.15, -0.1) is 0 Å². The minimum absolute atomic E-state index is 1.06. The first-order chi connectivity index (χ1) is 9.43. The van der Waals surface area contributed by atoms with E-state index in [9.17, 15) is 0 Å². The largest absolute Gasteiger partial charge is 0.312 e. The molecule has 0 atom stereocenters. The maximum Gasteiger partial charge on any atom is 0.0236 e. The second kappa shape index (κ2) is 6.53. The fourth-order valence-electron chi connectivity index (χ4n) is 3.47. The molecular formula is C17H26N2. The molecule has 2 aliphatic rings. The van der Waals surface area contributed by atoms with Crippen LogP contribution >= 0.6 is 0 Å². The van der Waals surface area contributed by atoms with Crippen molar-refractivity contribution in [2.75, 3.05) is 19.6 Å². The first-order valence-corrected chi connectivity index (χ1v) is 7.96. The maximum atomic E-state index is 3.48. The highest BCUT2D eigenvalue weighted by atomic mass is 15.1. The van der Waals surface area contributed by atoms with E-state index in [1.165, 1.54) is 63.7 Å². The molecule has 1 aromatic carbocycles. The molecule has 0 aliphatic carbocycles. The van der Waals surface area contributed by atoms with Crippen LogP contribution in [0.5, 0.6) is 0 Å². The third kappa shape index (κ3) is 3.37. The van der Waals surface area contributed by atoms with Crippen LogP contribution in [-0.4, -0.2) is 24.5 Å². The van der Waals surface area contributed by atoms with Crippen molar-refractivity contribution in [2.45, 2.75) is 51.6 Å². The summed E-state index contributed by atoms with van der Waals surface area (Å²) >= 11 is 0. The summed E-state index contributed by atoms with van der Waals surface area (Å²) in [5, 5.41) is 3.48. The summed E-state index contributed by atoms with van der Waals surface area (Å²) in [6, 6.07) is 6.88. The number of benzene rings is 1. The van der Waals surface area contributed by atoms with E-state index in [4.69, 9.17) is 0 Å².